The maximum Gasteiger partial charge on any atom is 0.274 e. The highest BCUT2D eigenvalue weighted by molar-refractivity contribution is 5.97. The first-order chi connectivity index (χ1) is 8.65. The Morgan fingerprint density at radius 3 is 2.94 bits per heavy atom. The van der Waals surface area contributed by atoms with Crippen LogP contribution in [0.1, 0.15) is 49.5 Å². The lowest BCUT2D eigenvalue weighted by atomic mass is 9.98. The molecule has 1 saturated heterocycles. The first kappa shape index (κ1) is 12.9. The van der Waals surface area contributed by atoms with E-state index in [0.717, 1.165) is 32.2 Å². The molecule has 18 heavy (non-hydrogen) atoms. The average Bonchev–Trinajstić information content (AvgIpc) is 2.69. The molecule has 0 saturated carbocycles. The molecule has 5 nitrogen and oxygen atoms in total. The third-order valence-electron chi connectivity index (χ3n) is 3.68. The van der Waals surface area contributed by atoms with Crippen LogP contribution in [-0.4, -0.2) is 33.2 Å². The molecule has 5 heteroatoms. The zero-order chi connectivity index (χ0) is 13.1. The zero-order valence-electron chi connectivity index (χ0n) is 11.2. The van der Waals surface area contributed by atoms with Crippen molar-refractivity contribution in [1.29, 1.82) is 0 Å². The molecule has 1 aliphatic heterocycles. The summed E-state index contributed by atoms with van der Waals surface area (Å²) in [6.45, 7) is 3.00. The first-order valence-corrected chi connectivity index (χ1v) is 6.73. The summed E-state index contributed by atoms with van der Waals surface area (Å²) in [6.07, 6.45) is 7.14. The number of piperidine rings is 1. The highest BCUT2D eigenvalue weighted by Gasteiger charge is 2.29. The van der Waals surface area contributed by atoms with Crippen molar-refractivity contribution in [2.75, 3.05) is 12.3 Å². The number of rotatable bonds is 3. The fourth-order valence-corrected chi connectivity index (χ4v) is 2.75. The molecule has 0 aromatic carbocycles. The summed E-state index contributed by atoms with van der Waals surface area (Å²) in [6, 6.07) is 0.366. The molecule has 1 unspecified atom stereocenters. The summed E-state index contributed by atoms with van der Waals surface area (Å²) >= 11 is 0. The van der Waals surface area contributed by atoms with Crippen molar-refractivity contribution < 1.29 is 4.79 Å². The highest BCUT2D eigenvalue weighted by atomic mass is 16.2. The third-order valence-corrected chi connectivity index (χ3v) is 3.68. The molecule has 2 N–H and O–H groups in total. The summed E-state index contributed by atoms with van der Waals surface area (Å²) < 4.78 is 1.58. The standard InChI is InChI=1S/C13H22N4O/c1-3-6-10-7-4-5-8-17(10)13(18)12-11(14)9-15-16(12)2/h9-10H,3-8,14H2,1-2H3. The number of nitrogen functional groups attached to an aromatic ring is 1. The Labute approximate surface area is 108 Å². The molecule has 1 atom stereocenters. The van der Waals surface area contributed by atoms with Gasteiger partial charge in [-0.15, -0.1) is 0 Å². The predicted molar refractivity (Wildman–Crippen MR) is 71.2 cm³/mol. The van der Waals surface area contributed by atoms with Crippen LogP contribution < -0.4 is 5.73 Å². The molecule has 1 aliphatic rings. The Hall–Kier alpha value is -1.52. The smallest absolute Gasteiger partial charge is 0.274 e. The molecule has 0 spiro atoms. The molecular formula is C13H22N4O. The Balaban J connectivity index is 2.21. The van der Waals surface area contributed by atoms with E-state index in [1.165, 1.54) is 6.42 Å². The van der Waals surface area contributed by atoms with E-state index in [1.54, 1.807) is 17.9 Å². The first-order valence-electron chi connectivity index (χ1n) is 6.73. The second-order valence-electron chi connectivity index (χ2n) is 5.01. The molecule has 100 valence electrons. The molecule has 0 aliphatic carbocycles. The summed E-state index contributed by atoms with van der Waals surface area (Å²) in [5, 5.41) is 4.05. The molecule has 1 fully saturated rings. The zero-order valence-corrected chi connectivity index (χ0v) is 11.2. The number of aromatic nitrogens is 2. The van der Waals surface area contributed by atoms with Gasteiger partial charge in [0, 0.05) is 19.6 Å². The number of hydrogen-bond donors (Lipinski definition) is 1. The number of hydrogen-bond acceptors (Lipinski definition) is 3. The predicted octanol–water partition coefficient (Wildman–Crippen LogP) is 1.80. The topological polar surface area (TPSA) is 64.2 Å². The minimum absolute atomic E-state index is 0.0330. The minimum atomic E-state index is 0.0330. The van der Waals surface area contributed by atoms with Gasteiger partial charge in [-0.1, -0.05) is 13.3 Å². The van der Waals surface area contributed by atoms with Gasteiger partial charge in [-0.05, 0) is 25.7 Å². The molecule has 1 amide bonds. The highest BCUT2D eigenvalue weighted by Crippen LogP contribution is 2.24. The van der Waals surface area contributed by atoms with Crippen molar-refractivity contribution in [3.8, 4) is 0 Å². The monoisotopic (exact) mass is 250 g/mol. The van der Waals surface area contributed by atoms with Crippen molar-refractivity contribution in [1.82, 2.24) is 14.7 Å². The summed E-state index contributed by atoms with van der Waals surface area (Å²) in [4.78, 5) is 14.6. The number of nitrogens with two attached hydrogens (primary N) is 1. The fourth-order valence-electron chi connectivity index (χ4n) is 2.75. The summed E-state index contributed by atoms with van der Waals surface area (Å²) in [7, 11) is 1.77. The maximum absolute atomic E-state index is 12.6. The van der Waals surface area contributed by atoms with Gasteiger partial charge in [-0.3, -0.25) is 9.48 Å². The number of amides is 1. The lowest BCUT2D eigenvalue weighted by Gasteiger charge is -2.35. The number of aryl methyl sites for hydroxylation is 1. The Morgan fingerprint density at radius 2 is 2.33 bits per heavy atom. The van der Waals surface area contributed by atoms with Gasteiger partial charge < -0.3 is 10.6 Å². The number of carbonyl (C=O) groups is 1. The van der Waals surface area contributed by atoms with Gasteiger partial charge in [0.05, 0.1) is 11.9 Å². The second kappa shape index (κ2) is 5.42. The third kappa shape index (κ3) is 2.35. The van der Waals surface area contributed by atoms with Gasteiger partial charge in [0.2, 0.25) is 0 Å². The molecule has 1 aromatic heterocycles. The van der Waals surface area contributed by atoms with Crippen molar-refractivity contribution in [2.45, 2.75) is 45.1 Å². The van der Waals surface area contributed by atoms with Gasteiger partial charge in [0.15, 0.2) is 0 Å². The van der Waals surface area contributed by atoms with Crippen LogP contribution in [0.2, 0.25) is 0 Å². The molecule has 2 heterocycles. The van der Waals surface area contributed by atoms with E-state index in [4.69, 9.17) is 5.73 Å². The van der Waals surface area contributed by atoms with E-state index < -0.39 is 0 Å². The van der Waals surface area contributed by atoms with Gasteiger partial charge in [-0.25, -0.2) is 0 Å². The SMILES string of the molecule is CCCC1CCCCN1C(=O)c1c(N)cnn1C. The van der Waals surface area contributed by atoms with Crippen molar-refractivity contribution >= 4 is 11.6 Å². The van der Waals surface area contributed by atoms with E-state index in [0.29, 0.717) is 17.4 Å². The van der Waals surface area contributed by atoms with Crippen LogP contribution >= 0.6 is 0 Å². The molecule has 1 aromatic rings. The van der Waals surface area contributed by atoms with Crippen LogP contribution in [0.3, 0.4) is 0 Å². The van der Waals surface area contributed by atoms with Crippen molar-refractivity contribution in [3.05, 3.63) is 11.9 Å². The minimum Gasteiger partial charge on any atom is -0.396 e. The normalized spacial score (nSPS) is 20.1. The Bertz CT molecular complexity index is 405. The Kier molecular flexibility index (Phi) is 3.89. The van der Waals surface area contributed by atoms with Gasteiger partial charge >= 0.3 is 0 Å². The fraction of sp³-hybridized carbons (Fsp3) is 0.692. The van der Waals surface area contributed by atoms with E-state index >= 15 is 0 Å². The number of carbonyl (C=O) groups excluding carboxylic acids is 1. The molecular weight excluding hydrogens is 228 g/mol. The summed E-state index contributed by atoms with van der Waals surface area (Å²) in [5.41, 5.74) is 6.84. The summed E-state index contributed by atoms with van der Waals surface area (Å²) in [5.74, 6) is 0.0330. The van der Waals surface area contributed by atoms with Crippen LogP contribution in [0.4, 0.5) is 5.69 Å². The van der Waals surface area contributed by atoms with E-state index in [-0.39, 0.29) is 5.91 Å². The Morgan fingerprint density at radius 1 is 1.56 bits per heavy atom. The molecule has 2 rings (SSSR count). The maximum atomic E-state index is 12.6. The van der Waals surface area contributed by atoms with Gasteiger partial charge in [-0.2, -0.15) is 5.10 Å². The van der Waals surface area contributed by atoms with Crippen LogP contribution in [0, 0.1) is 0 Å². The van der Waals surface area contributed by atoms with Crippen molar-refractivity contribution in [3.63, 3.8) is 0 Å². The van der Waals surface area contributed by atoms with Gasteiger partial charge in [0.25, 0.3) is 5.91 Å². The van der Waals surface area contributed by atoms with E-state index in [2.05, 4.69) is 12.0 Å². The van der Waals surface area contributed by atoms with Crippen LogP contribution in [0.5, 0.6) is 0 Å². The average molecular weight is 250 g/mol. The number of likely N-dealkylation sites (tertiary alicyclic amines) is 1. The quantitative estimate of drug-likeness (QED) is 0.889. The number of nitrogens with zero attached hydrogens (tertiary/aromatic N) is 3. The van der Waals surface area contributed by atoms with Crippen molar-refractivity contribution in [2.24, 2.45) is 7.05 Å². The molecule has 0 bridgehead atoms. The van der Waals surface area contributed by atoms with Crippen LogP contribution in [0.25, 0.3) is 0 Å². The van der Waals surface area contributed by atoms with E-state index in [9.17, 15) is 4.79 Å². The van der Waals surface area contributed by atoms with Gasteiger partial charge in [0.1, 0.15) is 5.69 Å². The molecule has 0 radical (unpaired) electrons. The lowest BCUT2D eigenvalue weighted by Crippen LogP contribution is -2.44. The second-order valence-corrected chi connectivity index (χ2v) is 5.01. The van der Waals surface area contributed by atoms with Crippen LogP contribution in [-0.2, 0) is 7.05 Å². The van der Waals surface area contributed by atoms with E-state index in [1.807, 2.05) is 4.90 Å². The number of anilines is 1. The largest absolute Gasteiger partial charge is 0.396 e. The lowest BCUT2D eigenvalue weighted by molar-refractivity contribution is 0.0590. The van der Waals surface area contributed by atoms with Crippen LogP contribution in [0.15, 0.2) is 6.20 Å².